The lowest BCUT2D eigenvalue weighted by Gasteiger charge is -2.10. The summed E-state index contributed by atoms with van der Waals surface area (Å²) in [5, 5.41) is 12.4. The van der Waals surface area contributed by atoms with Gasteiger partial charge in [-0.3, -0.25) is 0 Å². The summed E-state index contributed by atoms with van der Waals surface area (Å²) in [5.74, 6) is 1.37. The van der Waals surface area contributed by atoms with E-state index in [0.717, 1.165) is 16.9 Å². The number of benzene rings is 1. The van der Waals surface area contributed by atoms with Crippen LogP contribution in [0.2, 0.25) is 5.15 Å². The van der Waals surface area contributed by atoms with E-state index in [1.54, 1.807) is 19.1 Å². The molecule has 0 aliphatic heterocycles. The second-order valence-corrected chi connectivity index (χ2v) is 4.56. The van der Waals surface area contributed by atoms with Crippen molar-refractivity contribution in [1.82, 2.24) is 9.97 Å². The first-order valence-corrected chi connectivity index (χ1v) is 6.21. The summed E-state index contributed by atoms with van der Waals surface area (Å²) in [7, 11) is 0. The van der Waals surface area contributed by atoms with Crippen molar-refractivity contribution in [2.24, 2.45) is 0 Å². The highest BCUT2D eigenvalue weighted by Gasteiger charge is 2.06. The van der Waals surface area contributed by atoms with Crippen molar-refractivity contribution in [2.45, 2.75) is 20.4 Å². The van der Waals surface area contributed by atoms with Gasteiger partial charge in [-0.2, -0.15) is 5.26 Å². The standard InChI is InChI=1S/C14H13ClN4/c1-9-13(15)18-10(2)19-14(9)17-8-12-5-3-11(7-16)4-6-12/h3-6H,8H2,1-2H3,(H,17,18,19). The number of rotatable bonds is 3. The smallest absolute Gasteiger partial charge is 0.137 e. The number of nitriles is 1. The summed E-state index contributed by atoms with van der Waals surface area (Å²) in [6.07, 6.45) is 0. The summed E-state index contributed by atoms with van der Waals surface area (Å²) in [5.41, 5.74) is 2.56. The first kappa shape index (κ1) is 13.3. The molecule has 5 heteroatoms. The number of anilines is 1. The minimum Gasteiger partial charge on any atom is -0.366 e. The summed E-state index contributed by atoms with van der Waals surface area (Å²) in [6, 6.07) is 9.51. The summed E-state index contributed by atoms with van der Waals surface area (Å²) in [4.78, 5) is 8.41. The van der Waals surface area contributed by atoms with Crippen molar-refractivity contribution in [3.8, 4) is 6.07 Å². The third-order valence-corrected chi connectivity index (χ3v) is 3.11. The molecule has 19 heavy (non-hydrogen) atoms. The van der Waals surface area contributed by atoms with Crippen LogP contribution in [0, 0.1) is 25.2 Å². The second kappa shape index (κ2) is 5.68. The number of hydrogen-bond donors (Lipinski definition) is 1. The van der Waals surface area contributed by atoms with Crippen LogP contribution in [0.5, 0.6) is 0 Å². The van der Waals surface area contributed by atoms with Crippen LogP contribution >= 0.6 is 11.6 Å². The fraction of sp³-hybridized carbons (Fsp3) is 0.214. The lowest BCUT2D eigenvalue weighted by molar-refractivity contribution is 1.00. The van der Waals surface area contributed by atoms with Gasteiger partial charge in [0, 0.05) is 12.1 Å². The van der Waals surface area contributed by atoms with Crippen LogP contribution < -0.4 is 5.32 Å². The zero-order chi connectivity index (χ0) is 13.8. The molecule has 4 nitrogen and oxygen atoms in total. The Morgan fingerprint density at radius 3 is 2.53 bits per heavy atom. The van der Waals surface area contributed by atoms with Crippen LogP contribution in [-0.2, 0) is 6.54 Å². The fourth-order valence-electron chi connectivity index (χ4n) is 1.65. The van der Waals surface area contributed by atoms with Gasteiger partial charge in [-0.15, -0.1) is 0 Å². The molecule has 0 radical (unpaired) electrons. The Hall–Kier alpha value is -2.12. The largest absolute Gasteiger partial charge is 0.366 e. The first-order valence-electron chi connectivity index (χ1n) is 5.84. The fourth-order valence-corrected chi connectivity index (χ4v) is 1.86. The zero-order valence-corrected chi connectivity index (χ0v) is 11.5. The Morgan fingerprint density at radius 2 is 1.89 bits per heavy atom. The lowest BCUT2D eigenvalue weighted by atomic mass is 10.1. The Morgan fingerprint density at radius 1 is 1.21 bits per heavy atom. The van der Waals surface area contributed by atoms with Crippen molar-refractivity contribution in [3.63, 3.8) is 0 Å². The summed E-state index contributed by atoms with van der Waals surface area (Å²) < 4.78 is 0. The Balaban J connectivity index is 2.12. The minimum absolute atomic E-state index is 0.467. The SMILES string of the molecule is Cc1nc(Cl)c(C)c(NCc2ccc(C#N)cc2)n1. The van der Waals surface area contributed by atoms with Crippen molar-refractivity contribution in [3.05, 3.63) is 51.9 Å². The monoisotopic (exact) mass is 272 g/mol. The third kappa shape index (κ3) is 3.21. The van der Waals surface area contributed by atoms with Crippen LogP contribution in [0.15, 0.2) is 24.3 Å². The van der Waals surface area contributed by atoms with Crippen molar-refractivity contribution >= 4 is 17.4 Å². The van der Waals surface area contributed by atoms with Gasteiger partial charge in [0.15, 0.2) is 0 Å². The first-order chi connectivity index (χ1) is 9.10. The average Bonchev–Trinajstić information content (AvgIpc) is 2.41. The molecule has 1 heterocycles. The molecule has 0 aliphatic rings. The molecule has 1 N–H and O–H groups in total. The molecule has 0 amide bonds. The molecule has 0 fully saturated rings. The maximum absolute atomic E-state index is 8.74. The molecule has 0 spiro atoms. The van der Waals surface area contributed by atoms with E-state index in [0.29, 0.717) is 23.1 Å². The molecule has 0 atom stereocenters. The van der Waals surface area contributed by atoms with Crippen molar-refractivity contribution in [1.29, 1.82) is 5.26 Å². The van der Waals surface area contributed by atoms with Gasteiger partial charge in [-0.25, -0.2) is 9.97 Å². The topological polar surface area (TPSA) is 61.6 Å². The molecule has 0 aliphatic carbocycles. The van der Waals surface area contributed by atoms with Gasteiger partial charge in [0.2, 0.25) is 0 Å². The predicted octanol–water partition coefficient (Wildman–Crippen LogP) is 3.23. The van der Waals surface area contributed by atoms with Crippen molar-refractivity contribution in [2.75, 3.05) is 5.32 Å². The Kier molecular flexibility index (Phi) is 3.98. The van der Waals surface area contributed by atoms with Gasteiger partial charge in [-0.05, 0) is 31.5 Å². The van der Waals surface area contributed by atoms with Crippen molar-refractivity contribution < 1.29 is 0 Å². The third-order valence-electron chi connectivity index (χ3n) is 2.74. The van der Waals surface area contributed by atoms with Crippen LogP contribution in [0.3, 0.4) is 0 Å². The van der Waals surface area contributed by atoms with Crippen LogP contribution in [0.4, 0.5) is 5.82 Å². The average molecular weight is 273 g/mol. The van der Waals surface area contributed by atoms with Crippen LogP contribution in [-0.4, -0.2) is 9.97 Å². The zero-order valence-electron chi connectivity index (χ0n) is 10.7. The van der Waals surface area contributed by atoms with Crippen LogP contribution in [0.25, 0.3) is 0 Å². The molecule has 2 rings (SSSR count). The molecule has 0 bridgehead atoms. The van der Waals surface area contributed by atoms with E-state index < -0.39 is 0 Å². The molecule has 0 saturated heterocycles. The number of halogens is 1. The van der Waals surface area contributed by atoms with Gasteiger partial charge in [0.1, 0.15) is 16.8 Å². The maximum atomic E-state index is 8.74. The van der Waals surface area contributed by atoms with E-state index in [2.05, 4.69) is 21.4 Å². The van der Waals surface area contributed by atoms with Crippen LogP contribution in [0.1, 0.15) is 22.5 Å². The lowest BCUT2D eigenvalue weighted by Crippen LogP contribution is -2.05. The summed E-state index contributed by atoms with van der Waals surface area (Å²) in [6.45, 7) is 4.31. The number of aromatic nitrogens is 2. The number of hydrogen-bond acceptors (Lipinski definition) is 4. The Labute approximate surface area is 117 Å². The summed E-state index contributed by atoms with van der Waals surface area (Å²) >= 11 is 6.01. The number of nitrogens with one attached hydrogen (secondary N) is 1. The molecule has 96 valence electrons. The van der Waals surface area contributed by atoms with E-state index in [9.17, 15) is 0 Å². The quantitative estimate of drug-likeness (QED) is 0.872. The molecule has 0 unspecified atom stereocenters. The predicted molar refractivity (Wildman–Crippen MR) is 75.0 cm³/mol. The van der Waals surface area contributed by atoms with E-state index in [1.807, 2.05) is 19.1 Å². The van der Waals surface area contributed by atoms with Gasteiger partial charge < -0.3 is 5.32 Å². The van der Waals surface area contributed by atoms with E-state index in [-0.39, 0.29) is 0 Å². The highest BCUT2D eigenvalue weighted by Crippen LogP contribution is 2.20. The highest BCUT2D eigenvalue weighted by atomic mass is 35.5. The molecular formula is C14H13ClN4. The van der Waals surface area contributed by atoms with E-state index in [4.69, 9.17) is 16.9 Å². The Bertz CT molecular complexity index is 629. The number of aryl methyl sites for hydroxylation is 1. The molecule has 2 aromatic rings. The highest BCUT2D eigenvalue weighted by molar-refractivity contribution is 6.30. The number of nitrogens with zero attached hydrogens (tertiary/aromatic N) is 3. The van der Waals surface area contributed by atoms with E-state index in [1.165, 1.54) is 0 Å². The van der Waals surface area contributed by atoms with Gasteiger partial charge >= 0.3 is 0 Å². The molecule has 0 saturated carbocycles. The molecule has 1 aromatic carbocycles. The second-order valence-electron chi connectivity index (χ2n) is 4.20. The molecule has 1 aromatic heterocycles. The van der Waals surface area contributed by atoms with Gasteiger partial charge in [0.05, 0.1) is 11.6 Å². The maximum Gasteiger partial charge on any atom is 0.137 e. The van der Waals surface area contributed by atoms with Gasteiger partial charge in [0.25, 0.3) is 0 Å². The normalized spacial score (nSPS) is 10.0. The minimum atomic E-state index is 0.467. The van der Waals surface area contributed by atoms with E-state index >= 15 is 0 Å². The van der Waals surface area contributed by atoms with Gasteiger partial charge in [-0.1, -0.05) is 23.7 Å². The molecular weight excluding hydrogens is 260 g/mol.